The van der Waals surface area contributed by atoms with Crippen LogP contribution in [0.2, 0.25) is 0 Å². The quantitative estimate of drug-likeness (QED) is 0.652. The number of hydrogen-bond acceptors (Lipinski definition) is 3. The van der Waals surface area contributed by atoms with Crippen molar-refractivity contribution in [1.82, 2.24) is 10.0 Å². The smallest absolute Gasteiger partial charge is 0.213 e. The Morgan fingerprint density at radius 2 is 1.88 bits per heavy atom. The van der Waals surface area contributed by atoms with E-state index in [1.54, 1.807) is 0 Å². The molecule has 0 amide bonds. The van der Waals surface area contributed by atoms with Gasteiger partial charge in [0.25, 0.3) is 0 Å². The van der Waals surface area contributed by atoms with Crippen LogP contribution in [0, 0.1) is 5.92 Å². The zero-order chi connectivity index (χ0) is 12.7. The van der Waals surface area contributed by atoms with Gasteiger partial charge in [-0.3, -0.25) is 0 Å². The average molecular weight is 262 g/mol. The molecule has 1 rings (SSSR count). The second-order valence-corrected chi connectivity index (χ2v) is 6.89. The fourth-order valence-corrected chi connectivity index (χ4v) is 3.69. The maximum absolute atomic E-state index is 11.8. The van der Waals surface area contributed by atoms with Crippen molar-refractivity contribution in [2.75, 3.05) is 18.8 Å². The van der Waals surface area contributed by atoms with Gasteiger partial charge in [-0.1, -0.05) is 19.8 Å². The molecule has 0 aliphatic heterocycles. The van der Waals surface area contributed by atoms with E-state index in [4.69, 9.17) is 0 Å². The third-order valence-electron chi connectivity index (χ3n) is 3.45. The Morgan fingerprint density at radius 3 is 2.47 bits per heavy atom. The Bertz CT molecular complexity index is 298. The number of nitrogens with one attached hydrogen (secondary N) is 2. The van der Waals surface area contributed by atoms with E-state index < -0.39 is 10.0 Å². The van der Waals surface area contributed by atoms with E-state index in [9.17, 15) is 8.42 Å². The molecule has 0 bridgehead atoms. The van der Waals surface area contributed by atoms with Gasteiger partial charge in [-0.25, -0.2) is 13.1 Å². The highest BCUT2D eigenvalue weighted by Crippen LogP contribution is 2.27. The Labute approximate surface area is 106 Å². The van der Waals surface area contributed by atoms with E-state index in [1.807, 2.05) is 6.92 Å². The van der Waals surface area contributed by atoms with Crippen molar-refractivity contribution in [2.24, 2.45) is 5.92 Å². The SMILES string of the molecule is CCCNCCS(=O)(=O)NC(C)C1CCCC1. The van der Waals surface area contributed by atoms with Crippen LogP contribution in [0.25, 0.3) is 0 Å². The molecule has 0 aromatic heterocycles. The average Bonchev–Trinajstić information content (AvgIpc) is 2.77. The minimum absolute atomic E-state index is 0.0914. The van der Waals surface area contributed by atoms with Gasteiger partial charge in [0, 0.05) is 12.6 Å². The van der Waals surface area contributed by atoms with Crippen molar-refractivity contribution in [3.05, 3.63) is 0 Å². The topological polar surface area (TPSA) is 58.2 Å². The molecular formula is C12H26N2O2S. The van der Waals surface area contributed by atoms with Gasteiger partial charge in [0.1, 0.15) is 0 Å². The maximum atomic E-state index is 11.8. The third-order valence-corrected chi connectivity index (χ3v) is 4.92. The van der Waals surface area contributed by atoms with Crippen LogP contribution in [0.3, 0.4) is 0 Å². The van der Waals surface area contributed by atoms with Gasteiger partial charge in [0.15, 0.2) is 0 Å². The molecule has 0 heterocycles. The van der Waals surface area contributed by atoms with Crippen LogP contribution in [-0.4, -0.2) is 33.3 Å². The maximum Gasteiger partial charge on any atom is 0.213 e. The number of sulfonamides is 1. The molecule has 0 aromatic carbocycles. The molecule has 17 heavy (non-hydrogen) atoms. The zero-order valence-corrected chi connectivity index (χ0v) is 11.9. The molecule has 2 N–H and O–H groups in total. The van der Waals surface area contributed by atoms with Gasteiger partial charge in [-0.05, 0) is 38.6 Å². The van der Waals surface area contributed by atoms with Crippen LogP contribution in [0.15, 0.2) is 0 Å². The normalized spacial score (nSPS) is 19.6. The van der Waals surface area contributed by atoms with Crippen molar-refractivity contribution in [2.45, 2.75) is 52.0 Å². The molecule has 0 saturated heterocycles. The molecule has 1 atom stereocenters. The molecule has 1 aliphatic carbocycles. The summed E-state index contributed by atoms with van der Waals surface area (Å²) in [5.41, 5.74) is 0. The molecule has 102 valence electrons. The van der Waals surface area contributed by atoms with Crippen molar-refractivity contribution in [3.8, 4) is 0 Å². The van der Waals surface area contributed by atoms with Crippen LogP contribution in [-0.2, 0) is 10.0 Å². The highest BCUT2D eigenvalue weighted by molar-refractivity contribution is 7.89. The molecule has 1 fully saturated rings. The van der Waals surface area contributed by atoms with Gasteiger partial charge in [0.05, 0.1) is 5.75 Å². The Morgan fingerprint density at radius 1 is 1.24 bits per heavy atom. The summed E-state index contributed by atoms with van der Waals surface area (Å²) in [4.78, 5) is 0. The fraction of sp³-hybridized carbons (Fsp3) is 1.00. The van der Waals surface area contributed by atoms with Crippen LogP contribution >= 0.6 is 0 Å². The lowest BCUT2D eigenvalue weighted by atomic mass is 10.0. The van der Waals surface area contributed by atoms with Crippen molar-refractivity contribution >= 4 is 10.0 Å². The molecule has 5 heteroatoms. The fourth-order valence-electron chi connectivity index (χ4n) is 2.40. The predicted molar refractivity (Wildman–Crippen MR) is 71.5 cm³/mol. The first-order valence-corrected chi connectivity index (χ1v) is 8.41. The third kappa shape index (κ3) is 5.84. The number of hydrogen-bond donors (Lipinski definition) is 2. The van der Waals surface area contributed by atoms with Crippen LogP contribution in [0.1, 0.15) is 46.0 Å². The minimum Gasteiger partial charge on any atom is -0.316 e. The Balaban J connectivity index is 2.27. The molecule has 4 nitrogen and oxygen atoms in total. The molecule has 1 aliphatic rings. The first-order chi connectivity index (χ1) is 8.05. The summed E-state index contributed by atoms with van der Waals surface area (Å²) < 4.78 is 26.4. The summed E-state index contributed by atoms with van der Waals surface area (Å²) >= 11 is 0. The van der Waals surface area contributed by atoms with Gasteiger partial charge >= 0.3 is 0 Å². The van der Waals surface area contributed by atoms with Crippen LogP contribution in [0.4, 0.5) is 0 Å². The van der Waals surface area contributed by atoms with E-state index in [2.05, 4.69) is 17.0 Å². The summed E-state index contributed by atoms with van der Waals surface area (Å²) in [5, 5.41) is 3.11. The predicted octanol–water partition coefficient (Wildman–Crippen LogP) is 1.48. The van der Waals surface area contributed by atoms with Crippen molar-refractivity contribution in [1.29, 1.82) is 0 Å². The minimum atomic E-state index is -3.11. The lowest BCUT2D eigenvalue weighted by Crippen LogP contribution is -2.40. The van der Waals surface area contributed by atoms with E-state index in [-0.39, 0.29) is 11.8 Å². The lowest BCUT2D eigenvalue weighted by molar-refractivity contribution is 0.423. The largest absolute Gasteiger partial charge is 0.316 e. The van der Waals surface area contributed by atoms with Crippen molar-refractivity contribution in [3.63, 3.8) is 0 Å². The van der Waals surface area contributed by atoms with E-state index in [1.165, 1.54) is 12.8 Å². The highest BCUT2D eigenvalue weighted by Gasteiger charge is 2.24. The van der Waals surface area contributed by atoms with E-state index >= 15 is 0 Å². The van der Waals surface area contributed by atoms with Crippen molar-refractivity contribution < 1.29 is 8.42 Å². The number of rotatable bonds is 8. The zero-order valence-electron chi connectivity index (χ0n) is 11.0. The summed E-state index contributed by atoms with van der Waals surface area (Å²) in [6, 6.07) is 0.0914. The van der Waals surface area contributed by atoms with E-state index in [0.29, 0.717) is 12.5 Å². The second-order valence-electron chi connectivity index (χ2n) is 5.02. The molecule has 1 unspecified atom stereocenters. The summed E-state index contributed by atoms with van der Waals surface area (Å²) in [6.07, 6.45) is 5.85. The molecular weight excluding hydrogens is 236 g/mol. The Kier molecular flexibility index (Phi) is 6.44. The van der Waals surface area contributed by atoms with E-state index in [0.717, 1.165) is 25.8 Å². The second kappa shape index (κ2) is 7.34. The standard InChI is InChI=1S/C12H26N2O2S/c1-3-8-13-9-10-17(15,16)14-11(2)12-6-4-5-7-12/h11-14H,3-10H2,1-2H3. The first-order valence-electron chi connectivity index (χ1n) is 6.76. The summed E-state index contributed by atoms with van der Waals surface area (Å²) in [7, 11) is -3.11. The lowest BCUT2D eigenvalue weighted by Gasteiger charge is -2.20. The summed E-state index contributed by atoms with van der Waals surface area (Å²) in [5.74, 6) is 0.720. The van der Waals surface area contributed by atoms with Gasteiger partial charge in [0.2, 0.25) is 10.0 Å². The van der Waals surface area contributed by atoms with Gasteiger partial charge in [-0.15, -0.1) is 0 Å². The monoisotopic (exact) mass is 262 g/mol. The Hall–Kier alpha value is -0.130. The van der Waals surface area contributed by atoms with Gasteiger partial charge in [-0.2, -0.15) is 0 Å². The van der Waals surface area contributed by atoms with Gasteiger partial charge < -0.3 is 5.32 Å². The molecule has 0 radical (unpaired) electrons. The molecule has 1 saturated carbocycles. The highest BCUT2D eigenvalue weighted by atomic mass is 32.2. The molecule has 0 spiro atoms. The molecule has 0 aromatic rings. The first kappa shape index (κ1) is 14.9. The summed E-state index contributed by atoms with van der Waals surface area (Å²) in [6.45, 7) is 5.49. The van der Waals surface area contributed by atoms with Crippen LogP contribution < -0.4 is 10.0 Å². The van der Waals surface area contributed by atoms with Crippen LogP contribution in [0.5, 0.6) is 0 Å².